The van der Waals surface area contributed by atoms with Crippen molar-refractivity contribution in [3.05, 3.63) is 28.7 Å². The van der Waals surface area contributed by atoms with Crippen molar-refractivity contribution in [2.75, 3.05) is 12.3 Å². The van der Waals surface area contributed by atoms with Crippen LogP contribution in [0.4, 0.5) is 5.69 Å². The van der Waals surface area contributed by atoms with Gasteiger partial charge in [-0.2, -0.15) is 0 Å². The third kappa shape index (κ3) is 3.82. The number of carbonyl (C=O) groups excluding carboxylic acids is 1. The second-order valence-corrected chi connectivity index (χ2v) is 4.62. The maximum atomic E-state index is 11.9. The van der Waals surface area contributed by atoms with Gasteiger partial charge in [0.1, 0.15) is 6.54 Å². The zero-order valence-corrected chi connectivity index (χ0v) is 11.3. The van der Waals surface area contributed by atoms with E-state index < -0.39 is 5.54 Å². The van der Waals surface area contributed by atoms with Crippen LogP contribution in [0.2, 0.25) is 0 Å². The molecule has 1 aromatic heterocycles. The van der Waals surface area contributed by atoms with Gasteiger partial charge in [0, 0.05) is 18.0 Å². The molecule has 6 heteroatoms. The van der Waals surface area contributed by atoms with Crippen LogP contribution in [0.1, 0.15) is 26.7 Å². The first kappa shape index (κ1) is 15.2. The lowest BCUT2D eigenvalue weighted by Gasteiger charge is -2.30. The number of nitrogens with zero attached hydrogens (tertiary/aromatic N) is 1. The minimum atomic E-state index is -0.624. The SMILES string of the molecule is CCC(CC)(CO)NC(=O)Cn1cc(N)ccc1=O. The first-order valence-corrected chi connectivity index (χ1v) is 6.34. The Kier molecular flexibility index (Phi) is 5.11. The molecule has 106 valence electrons. The molecule has 19 heavy (non-hydrogen) atoms. The van der Waals surface area contributed by atoms with Gasteiger partial charge < -0.3 is 20.7 Å². The number of anilines is 1. The van der Waals surface area contributed by atoms with Crippen LogP contribution in [-0.2, 0) is 11.3 Å². The number of aromatic nitrogens is 1. The highest BCUT2D eigenvalue weighted by molar-refractivity contribution is 5.76. The molecular formula is C13H21N3O3. The summed E-state index contributed by atoms with van der Waals surface area (Å²) in [6, 6.07) is 2.81. The van der Waals surface area contributed by atoms with Crippen molar-refractivity contribution in [1.82, 2.24) is 9.88 Å². The lowest BCUT2D eigenvalue weighted by atomic mass is 9.94. The summed E-state index contributed by atoms with van der Waals surface area (Å²) in [6.07, 6.45) is 2.68. The Balaban J connectivity index is 2.80. The van der Waals surface area contributed by atoms with Gasteiger partial charge in [0.05, 0.1) is 12.1 Å². The largest absolute Gasteiger partial charge is 0.398 e. The van der Waals surface area contributed by atoms with E-state index in [-0.39, 0.29) is 24.6 Å². The van der Waals surface area contributed by atoms with Crippen molar-refractivity contribution in [2.24, 2.45) is 0 Å². The van der Waals surface area contributed by atoms with Crippen LogP contribution in [0.15, 0.2) is 23.1 Å². The van der Waals surface area contributed by atoms with Crippen LogP contribution in [0, 0.1) is 0 Å². The van der Waals surface area contributed by atoms with Crippen molar-refractivity contribution in [3.63, 3.8) is 0 Å². The Bertz CT molecular complexity index is 484. The summed E-state index contributed by atoms with van der Waals surface area (Å²) in [4.78, 5) is 23.5. The number of hydrogen-bond acceptors (Lipinski definition) is 4. The molecule has 0 fully saturated rings. The standard InChI is InChI=1S/C13H21N3O3/c1-3-13(4-2,9-17)15-11(18)8-16-7-10(14)5-6-12(16)19/h5-7,17H,3-4,8-9,14H2,1-2H3,(H,15,18). The first-order valence-electron chi connectivity index (χ1n) is 6.34. The zero-order valence-electron chi connectivity index (χ0n) is 11.3. The van der Waals surface area contributed by atoms with Crippen molar-refractivity contribution < 1.29 is 9.90 Å². The third-order valence-electron chi connectivity index (χ3n) is 3.38. The number of pyridine rings is 1. The van der Waals surface area contributed by atoms with Gasteiger partial charge in [-0.25, -0.2) is 0 Å². The van der Waals surface area contributed by atoms with Crippen molar-refractivity contribution >= 4 is 11.6 Å². The van der Waals surface area contributed by atoms with Gasteiger partial charge in [-0.15, -0.1) is 0 Å². The number of nitrogen functional groups attached to an aromatic ring is 1. The van der Waals surface area contributed by atoms with E-state index in [1.54, 1.807) is 0 Å². The molecule has 6 nitrogen and oxygen atoms in total. The molecule has 0 saturated heterocycles. The topological polar surface area (TPSA) is 97.3 Å². The summed E-state index contributed by atoms with van der Waals surface area (Å²) in [5, 5.41) is 12.2. The highest BCUT2D eigenvalue weighted by Gasteiger charge is 2.27. The molecule has 1 heterocycles. The van der Waals surface area contributed by atoms with Crippen LogP contribution >= 0.6 is 0 Å². The lowest BCUT2D eigenvalue weighted by Crippen LogP contribution is -2.51. The predicted molar refractivity (Wildman–Crippen MR) is 73.7 cm³/mol. The molecule has 4 N–H and O–H groups in total. The van der Waals surface area contributed by atoms with E-state index >= 15 is 0 Å². The van der Waals surface area contributed by atoms with Crippen LogP contribution < -0.4 is 16.6 Å². The minimum absolute atomic E-state index is 0.106. The second-order valence-electron chi connectivity index (χ2n) is 4.62. The maximum absolute atomic E-state index is 11.9. The average molecular weight is 267 g/mol. The fourth-order valence-corrected chi connectivity index (χ4v) is 1.85. The summed E-state index contributed by atoms with van der Waals surface area (Å²) in [6.45, 7) is 3.56. The molecule has 0 radical (unpaired) electrons. The van der Waals surface area contributed by atoms with Gasteiger partial charge in [0.15, 0.2) is 0 Å². The number of rotatable bonds is 6. The van der Waals surface area contributed by atoms with Crippen molar-refractivity contribution in [3.8, 4) is 0 Å². The fourth-order valence-electron chi connectivity index (χ4n) is 1.85. The smallest absolute Gasteiger partial charge is 0.251 e. The Labute approximate surface area is 112 Å². The third-order valence-corrected chi connectivity index (χ3v) is 3.38. The second kappa shape index (κ2) is 6.38. The van der Waals surface area contributed by atoms with Gasteiger partial charge in [0.25, 0.3) is 5.56 Å². The highest BCUT2D eigenvalue weighted by Crippen LogP contribution is 2.13. The normalized spacial score (nSPS) is 11.3. The predicted octanol–water partition coefficient (Wildman–Crippen LogP) is 0.0978. The van der Waals surface area contributed by atoms with Crippen LogP contribution in [0.3, 0.4) is 0 Å². The Morgan fingerprint density at radius 1 is 1.42 bits per heavy atom. The molecular weight excluding hydrogens is 246 g/mol. The molecule has 0 aliphatic carbocycles. The summed E-state index contributed by atoms with van der Waals surface area (Å²) in [5.41, 5.74) is 5.09. The summed E-state index contributed by atoms with van der Waals surface area (Å²) < 4.78 is 1.25. The highest BCUT2D eigenvalue weighted by atomic mass is 16.3. The fraction of sp³-hybridized carbons (Fsp3) is 0.538. The molecule has 0 bridgehead atoms. The van der Waals surface area contributed by atoms with Gasteiger partial charge >= 0.3 is 0 Å². The number of carbonyl (C=O) groups is 1. The molecule has 0 aromatic carbocycles. The minimum Gasteiger partial charge on any atom is -0.398 e. The average Bonchev–Trinajstić information content (AvgIpc) is 2.40. The molecule has 0 aliphatic heterocycles. The maximum Gasteiger partial charge on any atom is 0.251 e. The molecule has 0 atom stereocenters. The molecule has 1 aromatic rings. The van der Waals surface area contributed by atoms with E-state index in [0.717, 1.165) is 0 Å². The van der Waals surface area contributed by atoms with Gasteiger partial charge in [-0.3, -0.25) is 9.59 Å². The first-order chi connectivity index (χ1) is 8.96. The van der Waals surface area contributed by atoms with E-state index in [4.69, 9.17) is 5.73 Å². The van der Waals surface area contributed by atoms with E-state index in [1.807, 2.05) is 13.8 Å². The number of nitrogens with one attached hydrogen (secondary N) is 1. The van der Waals surface area contributed by atoms with E-state index in [0.29, 0.717) is 18.5 Å². The van der Waals surface area contributed by atoms with Crippen molar-refractivity contribution in [2.45, 2.75) is 38.8 Å². The Morgan fingerprint density at radius 2 is 2.05 bits per heavy atom. The van der Waals surface area contributed by atoms with Crippen molar-refractivity contribution in [1.29, 1.82) is 0 Å². The molecule has 1 rings (SSSR count). The molecule has 0 unspecified atom stereocenters. The summed E-state index contributed by atoms with van der Waals surface area (Å²) in [5.74, 6) is -0.314. The number of aliphatic hydroxyl groups excluding tert-OH is 1. The summed E-state index contributed by atoms with van der Waals surface area (Å²) >= 11 is 0. The van der Waals surface area contributed by atoms with Gasteiger partial charge in [-0.1, -0.05) is 13.8 Å². The quantitative estimate of drug-likeness (QED) is 0.681. The number of hydrogen-bond donors (Lipinski definition) is 3. The molecule has 0 aliphatic rings. The van der Waals surface area contributed by atoms with Gasteiger partial charge in [-0.05, 0) is 18.9 Å². The van der Waals surface area contributed by atoms with Crippen LogP contribution in [0.25, 0.3) is 0 Å². The van der Waals surface area contributed by atoms with Crippen LogP contribution in [0.5, 0.6) is 0 Å². The Hall–Kier alpha value is -1.82. The lowest BCUT2D eigenvalue weighted by molar-refractivity contribution is -0.124. The summed E-state index contributed by atoms with van der Waals surface area (Å²) in [7, 11) is 0. The molecule has 1 amide bonds. The number of nitrogens with two attached hydrogens (primary N) is 1. The molecule has 0 saturated carbocycles. The van der Waals surface area contributed by atoms with E-state index in [2.05, 4.69) is 5.32 Å². The zero-order chi connectivity index (χ0) is 14.5. The molecule has 0 spiro atoms. The monoisotopic (exact) mass is 267 g/mol. The van der Waals surface area contributed by atoms with Crippen LogP contribution in [-0.4, -0.2) is 27.7 Å². The van der Waals surface area contributed by atoms with Gasteiger partial charge in [0.2, 0.25) is 5.91 Å². The van der Waals surface area contributed by atoms with E-state index in [1.165, 1.54) is 22.9 Å². The number of aliphatic hydroxyl groups is 1. The Morgan fingerprint density at radius 3 is 2.58 bits per heavy atom. The number of amides is 1. The van der Waals surface area contributed by atoms with E-state index in [9.17, 15) is 14.7 Å².